The van der Waals surface area contributed by atoms with Gasteiger partial charge in [-0.2, -0.15) is 11.8 Å². The van der Waals surface area contributed by atoms with E-state index < -0.39 is 11.6 Å². The predicted octanol–water partition coefficient (Wildman–Crippen LogP) is 3.31. The number of hydrogen-bond donors (Lipinski definition) is 1. The van der Waals surface area contributed by atoms with Crippen LogP contribution < -0.4 is 5.73 Å². The van der Waals surface area contributed by atoms with Crippen LogP contribution in [0.2, 0.25) is 0 Å². The Morgan fingerprint density at radius 1 is 1.47 bits per heavy atom. The summed E-state index contributed by atoms with van der Waals surface area (Å²) >= 11 is 4.45. The summed E-state index contributed by atoms with van der Waals surface area (Å²) in [5.74, 6) is -0.0376. The fourth-order valence-corrected chi connectivity index (χ4v) is 2.38. The first-order valence-corrected chi connectivity index (χ1v) is 6.43. The first-order chi connectivity index (χ1) is 7.02. The second-order valence-corrected chi connectivity index (χ2v) is 5.20. The van der Waals surface area contributed by atoms with Crippen molar-refractivity contribution >= 4 is 27.7 Å². The summed E-state index contributed by atoms with van der Waals surface area (Å²) in [7, 11) is 0. The largest absolute Gasteiger partial charge is 0.327 e. The lowest BCUT2D eigenvalue weighted by Crippen LogP contribution is -2.17. The topological polar surface area (TPSA) is 26.0 Å². The smallest absolute Gasteiger partial charge is 0.144 e. The Morgan fingerprint density at radius 2 is 2.13 bits per heavy atom. The fraction of sp³-hybridized carbons (Fsp3) is 0.400. The van der Waals surface area contributed by atoms with Crippen LogP contribution in [-0.4, -0.2) is 11.8 Å². The van der Waals surface area contributed by atoms with Gasteiger partial charge in [0.2, 0.25) is 0 Å². The van der Waals surface area contributed by atoms with E-state index in [2.05, 4.69) is 15.9 Å². The van der Waals surface area contributed by atoms with E-state index in [-0.39, 0.29) is 11.6 Å². The molecule has 1 nitrogen and oxygen atoms in total. The van der Waals surface area contributed by atoms with Gasteiger partial charge >= 0.3 is 0 Å². The Labute approximate surface area is 101 Å². The number of thioether (sulfide) groups is 1. The maximum atomic E-state index is 13.5. The number of hydrogen-bond acceptors (Lipinski definition) is 2. The SMILES string of the molecule is CC(N)CSCc1c(F)ccc(Br)c1F. The van der Waals surface area contributed by atoms with E-state index in [1.165, 1.54) is 23.9 Å². The predicted molar refractivity (Wildman–Crippen MR) is 63.9 cm³/mol. The Hall–Kier alpha value is -0.130. The Balaban J connectivity index is 2.71. The highest BCUT2D eigenvalue weighted by atomic mass is 79.9. The van der Waals surface area contributed by atoms with Gasteiger partial charge in [-0.1, -0.05) is 0 Å². The quantitative estimate of drug-likeness (QED) is 0.863. The Bertz CT molecular complexity index is 344. The van der Waals surface area contributed by atoms with Crippen molar-refractivity contribution in [3.05, 3.63) is 33.8 Å². The van der Waals surface area contributed by atoms with Gasteiger partial charge in [-0.3, -0.25) is 0 Å². The molecule has 1 rings (SSSR count). The van der Waals surface area contributed by atoms with Crippen LogP contribution in [-0.2, 0) is 5.75 Å². The molecule has 0 saturated heterocycles. The van der Waals surface area contributed by atoms with Crippen molar-refractivity contribution < 1.29 is 8.78 Å². The van der Waals surface area contributed by atoms with Gasteiger partial charge in [0.05, 0.1) is 4.47 Å². The van der Waals surface area contributed by atoms with Crippen molar-refractivity contribution in [1.82, 2.24) is 0 Å². The molecule has 0 aliphatic carbocycles. The van der Waals surface area contributed by atoms with E-state index >= 15 is 0 Å². The first-order valence-electron chi connectivity index (χ1n) is 4.48. The van der Waals surface area contributed by atoms with Gasteiger partial charge in [-0.25, -0.2) is 8.78 Å². The van der Waals surface area contributed by atoms with E-state index in [9.17, 15) is 8.78 Å². The van der Waals surface area contributed by atoms with Crippen LogP contribution in [0.5, 0.6) is 0 Å². The van der Waals surface area contributed by atoms with E-state index in [1.807, 2.05) is 6.92 Å². The molecular weight excluding hydrogens is 284 g/mol. The van der Waals surface area contributed by atoms with Gasteiger partial charge in [0.25, 0.3) is 0 Å². The van der Waals surface area contributed by atoms with Gasteiger partial charge in [0.1, 0.15) is 11.6 Å². The molecule has 0 bridgehead atoms. The molecule has 0 aliphatic rings. The lowest BCUT2D eigenvalue weighted by Gasteiger charge is -2.07. The van der Waals surface area contributed by atoms with Crippen LogP contribution >= 0.6 is 27.7 Å². The van der Waals surface area contributed by atoms with Crippen LogP contribution in [0.15, 0.2) is 16.6 Å². The zero-order valence-electron chi connectivity index (χ0n) is 8.27. The normalized spacial score (nSPS) is 12.9. The molecule has 0 saturated carbocycles. The van der Waals surface area contributed by atoms with Crippen molar-refractivity contribution in [1.29, 1.82) is 0 Å². The summed E-state index contributed by atoms with van der Waals surface area (Å²) in [6.07, 6.45) is 0. The molecule has 1 unspecified atom stereocenters. The molecule has 0 aromatic heterocycles. The molecule has 0 heterocycles. The second-order valence-electron chi connectivity index (χ2n) is 3.31. The summed E-state index contributed by atoms with van der Waals surface area (Å²) in [5.41, 5.74) is 5.65. The molecule has 0 radical (unpaired) electrons. The lowest BCUT2D eigenvalue weighted by atomic mass is 10.2. The van der Waals surface area contributed by atoms with Crippen molar-refractivity contribution in [3.8, 4) is 0 Å². The third kappa shape index (κ3) is 3.74. The monoisotopic (exact) mass is 295 g/mol. The molecule has 0 fully saturated rings. The summed E-state index contributed by atoms with van der Waals surface area (Å²) < 4.78 is 27.0. The minimum absolute atomic E-state index is 0.0354. The Morgan fingerprint density at radius 3 is 2.73 bits per heavy atom. The van der Waals surface area contributed by atoms with E-state index in [1.54, 1.807) is 0 Å². The highest BCUT2D eigenvalue weighted by Gasteiger charge is 2.12. The zero-order chi connectivity index (χ0) is 11.4. The Kier molecular flexibility index (Phi) is 5.02. The molecule has 84 valence electrons. The molecule has 15 heavy (non-hydrogen) atoms. The standard InChI is InChI=1S/C10H12BrF2NS/c1-6(14)4-15-5-7-9(12)3-2-8(11)10(7)13/h2-3,6H,4-5,14H2,1H3. The summed E-state index contributed by atoms with van der Waals surface area (Å²) in [4.78, 5) is 0. The molecule has 0 spiro atoms. The molecule has 0 amide bonds. The van der Waals surface area contributed by atoms with E-state index in [0.29, 0.717) is 16.0 Å². The summed E-state index contributed by atoms with van der Waals surface area (Å²) in [6, 6.07) is 2.66. The van der Waals surface area contributed by atoms with Crippen LogP contribution in [0.4, 0.5) is 8.78 Å². The van der Waals surface area contributed by atoms with Crippen molar-refractivity contribution in [3.63, 3.8) is 0 Å². The third-order valence-electron chi connectivity index (χ3n) is 1.77. The van der Waals surface area contributed by atoms with Crippen molar-refractivity contribution in [2.75, 3.05) is 5.75 Å². The average molecular weight is 296 g/mol. The maximum absolute atomic E-state index is 13.5. The molecule has 1 aromatic rings. The van der Waals surface area contributed by atoms with Crippen LogP contribution in [0.25, 0.3) is 0 Å². The van der Waals surface area contributed by atoms with Crippen molar-refractivity contribution in [2.24, 2.45) is 5.73 Å². The molecule has 1 aromatic carbocycles. The molecule has 2 N–H and O–H groups in total. The second kappa shape index (κ2) is 5.82. The van der Waals surface area contributed by atoms with Crippen LogP contribution in [0.3, 0.4) is 0 Å². The van der Waals surface area contributed by atoms with Gasteiger partial charge in [-0.05, 0) is 35.0 Å². The fourth-order valence-electron chi connectivity index (χ4n) is 1.05. The van der Waals surface area contributed by atoms with E-state index in [4.69, 9.17) is 5.73 Å². The average Bonchev–Trinajstić information content (AvgIpc) is 2.17. The van der Waals surface area contributed by atoms with Gasteiger partial charge in [0, 0.05) is 23.1 Å². The first kappa shape index (κ1) is 12.9. The maximum Gasteiger partial charge on any atom is 0.144 e. The summed E-state index contributed by atoms with van der Waals surface area (Å²) in [6.45, 7) is 1.86. The lowest BCUT2D eigenvalue weighted by molar-refractivity contribution is 0.562. The highest BCUT2D eigenvalue weighted by Crippen LogP contribution is 2.25. The van der Waals surface area contributed by atoms with Crippen molar-refractivity contribution in [2.45, 2.75) is 18.7 Å². The number of rotatable bonds is 4. The molecule has 5 heteroatoms. The van der Waals surface area contributed by atoms with Gasteiger partial charge < -0.3 is 5.73 Å². The van der Waals surface area contributed by atoms with Crippen LogP contribution in [0.1, 0.15) is 12.5 Å². The molecular formula is C10H12BrF2NS. The van der Waals surface area contributed by atoms with E-state index in [0.717, 1.165) is 0 Å². The number of benzene rings is 1. The van der Waals surface area contributed by atoms with Crippen LogP contribution in [0, 0.1) is 11.6 Å². The molecule has 1 atom stereocenters. The minimum Gasteiger partial charge on any atom is -0.327 e. The van der Waals surface area contributed by atoms with Gasteiger partial charge in [-0.15, -0.1) is 0 Å². The number of halogens is 3. The molecule has 0 aliphatic heterocycles. The number of nitrogens with two attached hydrogens (primary N) is 1. The minimum atomic E-state index is -0.521. The highest BCUT2D eigenvalue weighted by molar-refractivity contribution is 9.10. The zero-order valence-corrected chi connectivity index (χ0v) is 10.7. The summed E-state index contributed by atoms with van der Waals surface area (Å²) in [5, 5.41) is 0. The van der Waals surface area contributed by atoms with Gasteiger partial charge in [0.15, 0.2) is 0 Å². The third-order valence-corrected chi connectivity index (χ3v) is 3.63.